The fourth-order valence-electron chi connectivity index (χ4n) is 1.08. The normalized spacial score (nSPS) is 12.3. The van der Waals surface area contributed by atoms with Crippen LogP contribution in [0.3, 0.4) is 0 Å². The minimum atomic E-state index is -2.83. The second-order valence-electron chi connectivity index (χ2n) is 5.53. The molecule has 0 fully saturated rings. The molecule has 0 atom stereocenters. The Hall–Kier alpha value is -0.910. The maximum absolute atomic E-state index is 11.8. The summed E-state index contributed by atoms with van der Waals surface area (Å²) in [6.45, 7) is 8.98. The fraction of sp³-hybridized carbons (Fsp3) is 0.833. The van der Waals surface area contributed by atoms with E-state index in [4.69, 9.17) is 18.5 Å². The first kappa shape index (κ1) is 19.1. The van der Waals surface area contributed by atoms with E-state index in [2.05, 4.69) is 0 Å². The summed E-state index contributed by atoms with van der Waals surface area (Å²) in [5.74, 6) is -0.894. The summed E-state index contributed by atoms with van der Waals surface area (Å²) in [5, 5.41) is 0. The van der Waals surface area contributed by atoms with Gasteiger partial charge in [-0.1, -0.05) is 0 Å². The Bertz CT molecular complexity index is 342. The van der Waals surface area contributed by atoms with Gasteiger partial charge in [0.05, 0.1) is 0 Å². The predicted octanol–water partition coefficient (Wildman–Crippen LogP) is 2.09. The van der Waals surface area contributed by atoms with Gasteiger partial charge in [-0.25, -0.2) is 0 Å². The summed E-state index contributed by atoms with van der Waals surface area (Å²) >= 11 is 0. The van der Waals surface area contributed by atoms with Gasteiger partial charge in [-0.05, 0) is 27.7 Å². The summed E-state index contributed by atoms with van der Waals surface area (Å²) in [4.78, 5) is 21.5. The number of hydrogen-bond donors (Lipinski definition) is 0. The van der Waals surface area contributed by atoms with E-state index >= 15 is 0 Å². The Morgan fingerprint density at radius 3 is 1.40 bits per heavy atom. The summed E-state index contributed by atoms with van der Waals surface area (Å²) in [5.41, 5.74) is -1.86. The first-order chi connectivity index (χ1) is 8.93. The number of hydrogen-bond acceptors (Lipinski definition) is 7. The molecule has 0 saturated carbocycles. The highest BCUT2D eigenvalue weighted by atomic mass is 31.1. The molecule has 0 aliphatic rings. The third-order valence-electron chi connectivity index (χ3n) is 1.97. The van der Waals surface area contributed by atoms with Crippen LogP contribution in [0.15, 0.2) is 0 Å². The smallest absolute Gasteiger partial charge is 0.320 e. The van der Waals surface area contributed by atoms with Gasteiger partial charge in [-0.2, -0.15) is 0 Å². The van der Waals surface area contributed by atoms with Crippen LogP contribution in [-0.2, 0) is 32.7 Å². The van der Waals surface area contributed by atoms with E-state index < -0.39 is 31.4 Å². The Morgan fingerprint density at radius 1 is 0.850 bits per heavy atom. The fourth-order valence-corrected chi connectivity index (χ4v) is 2.14. The lowest BCUT2D eigenvalue weighted by Crippen LogP contribution is -2.32. The molecule has 0 aliphatic carbocycles. The Labute approximate surface area is 119 Å². The first-order valence-corrected chi connectivity index (χ1v) is 7.35. The molecule has 0 saturated heterocycles. The molecule has 0 aliphatic heterocycles. The Balaban J connectivity index is 4.32. The molecule has 0 rings (SSSR count). The van der Waals surface area contributed by atoms with Crippen molar-refractivity contribution < 1.29 is 32.7 Å². The Morgan fingerprint density at radius 2 is 1.15 bits per heavy atom. The van der Waals surface area contributed by atoms with E-state index in [9.17, 15) is 14.2 Å². The molecular weight excluding hydrogens is 287 g/mol. The second-order valence-corrected chi connectivity index (χ2v) is 6.44. The molecule has 0 bridgehead atoms. The lowest BCUT2D eigenvalue weighted by Gasteiger charge is -2.28. The zero-order valence-corrected chi connectivity index (χ0v) is 13.8. The van der Waals surface area contributed by atoms with Crippen LogP contribution >= 0.6 is 8.25 Å². The van der Waals surface area contributed by atoms with E-state index in [0.29, 0.717) is 0 Å². The number of carbonyl (C=O) groups is 2. The lowest BCUT2D eigenvalue weighted by molar-refractivity contribution is -0.147. The summed E-state index contributed by atoms with van der Waals surface area (Å²) in [7, 11) is -2.83. The van der Waals surface area contributed by atoms with Crippen molar-refractivity contribution in [3.8, 4) is 0 Å². The van der Waals surface area contributed by atoms with E-state index in [-0.39, 0.29) is 13.2 Å². The molecule has 0 N–H and O–H groups in total. The maximum atomic E-state index is 11.8. The van der Waals surface area contributed by atoms with Crippen LogP contribution in [0.4, 0.5) is 0 Å². The van der Waals surface area contributed by atoms with E-state index in [1.807, 2.05) is 0 Å². The van der Waals surface area contributed by atoms with Gasteiger partial charge in [-0.3, -0.25) is 14.2 Å². The molecule has 0 spiro atoms. The second kappa shape index (κ2) is 7.76. The molecular formula is C12H23O7P. The van der Waals surface area contributed by atoms with Gasteiger partial charge in [0.25, 0.3) is 0 Å². The van der Waals surface area contributed by atoms with Gasteiger partial charge in [-0.15, -0.1) is 0 Å². The SMILES string of the molecule is CC(=O)OCC(C)(C)O[PH](=O)OC(C)(C)COC(C)=O. The monoisotopic (exact) mass is 310 g/mol. The molecule has 0 unspecified atom stereocenters. The molecule has 8 heteroatoms. The van der Waals surface area contributed by atoms with Crippen molar-refractivity contribution in [1.29, 1.82) is 0 Å². The highest BCUT2D eigenvalue weighted by Crippen LogP contribution is 2.36. The van der Waals surface area contributed by atoms with Crippen LogP contribution in [0.25, 0.3) is 0 Å². The van der Waals surface area contributed by atoms with E-state index in [1.165, 1.54) is 13.8 Å². The minimum absolute atomic E-state index is 0.0352. The number of rotatable bonds is 8. The van der Waals surface area contributed by atoms with Crippen LogP contribution in [-0.4, -0.2) is 36.4 Å². The summed E-state index contributed by atoms with van der Waals surface area (Å²) < 4.78 is 31.9. The minimum Gasteiger partial charge on any atom is -0.463 e. The summed E-state index contributed by atoms with van der Waals surface area (Å²) in [6, 6.07) is 0. The topological polar surface area (TPSA) is 88.1 Å². The van der Waals surface area contributed by atoms with Crippen molar-refractivity contribution in [2.75, 3.05) is 13.2 Å². The van der Waals surface area contributed by atoms with Crippen LogP contribution in [0.1, 0.15) is 41.5 Å². The molecule has 0 aromatic rings. The predicted molar refractivity (Wildman–Crippen MR) is 72.6 cm³/mol. The van der Waals surface area contributed by atoms with Crippen molar-refractivity contribution in [1.82, 2.24) is 0 Å². The average molecular weight is 310 g/mol. The maximum Gasteiger partial charge on any atom is 0.320 e. The van der Waals surface area contributed by atoms with Crippen LogP contribution in [0.5, 0.6) is 0 Å². The third-order valence-corrected chi connectivity index (χ3v) is 3.40. The zero-order valence-electron chi connectivity index (χ0n) is 12.8. The number of carbonyl (C=O) groups excluding carboxylic acids is 2. The molecule has 7 nitrogen and oxygen atoms in total. The van der Waals surface area contributed by atoms with E-state index in [1.54, 1.807) is 27.7 Å². The highest BCUT2D eigenvalue weighted by molar-refractivity contribution is 7.33. The molecule has 118 valence electrons. The van der Waals surface area contributed by atoms with Crippen LogP contribution in [0, 0.1) is 0 Å². The highest BCUT2D eigenvalue weighted by Gasteiger charge is 2.29. The third kappa shape index (κ3) is 9.95. The molecule has 0 radical (unpaired) electrons. The number of esters is 2. The standard InChI is InChI=1S/C12H23O7P/c1-9(13)16-7-11(3,4)18-20(15)19-12(5,6)8-17-10(2)14/h20H,7-8H2,1-6H3. The Kier molecular flexibility index (Phi) is 7.41. The molecule has 20 heavy (non-hydrogen) atoms. The van der Waals surface area contributed by atoms with E-state index in [0.717, 1.165) is 0 Å². The van der Waals surface area contributed by atoms with Crippen molar-refractivity contribution in [3.63, 3.8) is 0 Å². The van der Waals surface area contributed by atoms with Crippen molar-refractivity contribution >= 4 is 20.2 Å². The van der Waals surface area contributed by atoms with Gasteiger partial charge >= 0.3 is 20.2 Å². The quantitative estimate of drug-likeness (QED) is 0.501. The van der Waals surface area contributed by atoms with Gasteiger partial charge in [0, 0.05) is 13.8 Å². The summed E-state index contributed by atoms with van der Waals surface area (Å²) in [6.07, 6.45) is 0. The average Bonchev–Trinajstić information content (AvgIpc) is 2.22. The largest absolute Gasteiger partial charge is 0.463 e. The molecule has 0 aromatic carbocycles. The van der Waals surface area contributed by atoms with Crippen molar-refractivity contribution in [2.45, 2.75) is 52.7 Å². The lowest BCUT2D eigenvalue weighted by atomic mass is 10.2. The zero-order chi connectivity index (χ0) is 16.0. The van der Waals surface area contributed by atoms with Crippen LogP contribution in [0.2, 0.25) is 0 Å². The van der Waals surface area contributed by atoms with Gasteiger partial charge in [0.15, 0.2) is 0 Å². The van der Waals surface area contributed by atoms with Gasteiger partial charge in [0.2, 0.25) is 0 Å². The van der Waals surface area contributed by atoms with Gasteiger partial charge in [0.1, 0.15) is 24.4 Å². The number of ether oxygens (including phenoxy) is 2. The molecule has 0 heterocycles. The van der Waals surface area contributed by atoms with Gasteiger partial charge < -0.3 is 18.5 Å². The van der Waals surface area contributed by atoms with Crippen LogP contribution < -0.4 is 0 Å². The first-order valence-electron chi connectivity index (χ1n) is 6.12. The molecule has 0 amide bonds. The van der Waals surface area contributed by atoms with Crippen molar-refractivity contribution in [3.05, 3.63) is 0 Å². The molecule has 0 aromatic heterocycles. The van der Waals surface area contributed by atoms with Crippen molar-refractivity contribution in [2.24, 2.45) is 0 Å².